The molecule has 4 heteroatoms. The summed E-state index contributed by atoms with van der Waals surface area (Å²) in [6.45, 7) is 10.2. The first-order chi connectivity index (χ1) is 7.56. The summed E-state index contributed by atoms with van der Waals surface area (Å²) in [7, 11) is 0. The van der Waals surface area contributed by atoms with Crippen LogP contribution in [0.2, 0.25) is 0 Å². The van der Waals surface area contributed by atoms with Gasteiger partial charge in [-0.2, -0.15) is 0 Å². The van der Waals surface area contributed by atoms with E-state index in [9.17, 15) is 0 Å². The van der Waals surface area contributed by atoms with Gasteiger partial charge in [0.25, 0.3) is 0 Å². The predicted molar refractivity (Wildman–Crippen MR) is 65.7 cm³/mol. The van der Waals surface area contributed by atoms with Gasteiger partial charge >= 0.3 is 0 Å². The maximum atomic E-state index is 8.47. The quantitative estimate of drug-likeness (QED) is 0.556. The Labute approximate surface area is 99.3 Å². The molecule has 0 radical (unpaired) electrons. The molecule has 16 heavy (non-hydrogen) atoms. The van der Waals surface area contributed by atoms with E-state index >= 15 is 0 Å². The Morgan fingerprint density at radius 3 is 2.06 bits per heavy atom. The Hall–Kier alpha value is -0.160. The summed E-state index contributed by atoms with van der Waals surface area (Å²) in [5.41, 5.74) is 0.193. The molecule has 0 saturated heterocycles. The predicted octanol–water partition coefficient (Wildman–Crippen LogP) is 1.18. The molecule has 0 aliphatic carbocycles. The first-order valence-corrected chi connectivity index (χ1v) is 6.07. The van der Waals surface area contributed by atoms with Crippen molar-refractivity contribution >= 4 is 0 Å². The van der Waals surface area contributed by atoms with E-state index < -0.39 is 0 Å². The van der Waals surface area contributed by atoms with E-state index in [0.717, 1.165) is 32.6 Å². The molecule has 2 N–H and O–H groups in total. The largest absolute Gasteiger partial charge is 0.394 e. The van der Waals surface area contributed by atoms with Crippen molar-refractivity contribution < 1.29 is 14.6 Å². The van der Waals surface area contributed by atoms with Gasteiger partial charge in [0.05, 0.1) is 13.2 Å². The van der Waals surface area contributed by atoms with Crippen molar-refractivity contribution in [2.24, 2.45) is 0 Å². The average Bonchev–Trinajstić information content (AvgIpc) is 2.19. The van der Waals surface area contributed by atoms with E-state index in [2.05, 4.69) is 26.1 Å². The van der Waals surface area contributed by atoms with Crippen LogP contribution in [0.1, 0.15) is 33.6 Å². The Bertz CT molecular complexity index is 146. The zero-order chi connectivity index (χ0) is 12.3. The van der Waals surface area contributed by atoms with Crippen molar-refractivity contribution in [1.29, 1.82) is 0 Å². The smallest absolute Gasteiger partial charge is 0.0697 e. The number of nitrogens with one attached hydrogen (secondary N) is 1. The lowest BCUT2D eigenvalue weighted by atomic mass is 10.1. The van der Waals surface area contributed by atoms with Crippen molar-refractivity contribution in [2.75, 3.05) is 39.6 Å². The number of rotatable bonds is 10. The van der Waals surface area contributed by atoms with Gasteiger partial charge in [0.2, 0.25) is 0 Å². The zero-order valence-electron chi connectivity index (χ0n) is 10.9. The Balaban J connectivity index is 2.99. The number of aliphatic hydroxyl groups excluding tert-OH is 1. The molecule has 0 rings (SSSR count). The summed E-state index contributed by atoms with van der Waals surface area (Å²) >= 11 is 0. The van der Waals surface area contributed by atoms with Crippen molar-refractivity contribution in [1.82, 2.24) is 5.32 Å². The van der Waals surface area contributed by atoms with Crippen LogP contribution in [-0.4, -0.2) is 50.2 Å². The molecule has 0 aromatic carbocycles. The van der Waals surface area contributed by atoms with Gasteiger partial charge in [0.15, 0.2) is 0 Å². The van der Waals surface area contributed by atoms with Gasteiger partial charge in [-0.05, 0) is 40.2 Å². The number of aliphatic hydroxyl groups is 1. The maximum absolute atomic E-state index is 8.47. The first kappa shape index (κ1) is 15.8. The van der Waals surface area contributed by atoms with Gasteiger partial charge in [0, 0.05) is 25.4 Å². The number of ether oxygens (including phenoxy) is 2. The van der Waals surface area contributed by atoms with Crippen LogP contribution in [0.5, 0.6) is 0 Å². The van der Waals surface area contributed by atoms with E-state index in [0.29, 0.717) is 13.2 Å². The molecule has 0 aliphatic rings. The molecule has 0 atom stereocenters. The molecule has 98 valence electrons. The molecule has 0 bridgehead atoms. The molecule has 0 aromatic heterocycles. The second kappa shape index (κ2) is 10.0. The van der Waals surface area contributed by atoms with Crippen LogP contribution in [-0.2, 0) is 9.47 Å². The van der Waals surface area contributed by atoms with Gasteiger partial charge in [-0.3, -0.25) is 0 Å². The maximum Gasteiger partial charge on any atom is 0.0697 e. The highest BCUT2D eigenvalue weighted by molar-refractivity contribution is 4.69. The third kappa shape index (κ3) is 13.8. The van der Waals surface area contributed by atoms with Crippen molar-refractivity contribution in [3.63, 3.8) is 0 Å². The molecule has 0 aromatic rings. The summed E-state index contributed by atoms with van der Waals surface area (Å²) in [6, 6.07) is 0. The summed E-state index contributed by atoms with van der Waals surface area (Å²) in [6.07, 6.45) is 1.93. The van der Waals surface area contributed by atoms with E-state index in [-0.39, 0.29) is 12.1 Å². The van der Waals surface area contributed by atoms with E-state index in [4.69, 9.17) is 14.6 Å². The van der Waals surface area contributed by atoms with Crippen molar-refractivity contribution in [3.8, 4) is 0 Å². The molecule has 0 amide bonds. The van der Waals surface area contributed by atoms with Gasteiger partial charge in [0.1, 0.15) is 0 Å². The molecule has 4 nitrogen and oxygen atoms in total. The summed E-state index contributed by atoms with van der Waals surface area (Å²) in [5.74, 6) is 0. The molecular weight excluding hydrogens is 206 g/mol. The average molecular weight is 233 g/mol. The van der Waals surface area contributed by atoms with Crippen LogP contribution in [0.4, 0.5) is 0 Å². The van der Waals surface area contributed by atoms with E-state index in [1.165, 1.54) is 0 Å². The highest BCUT2D eigenvalue weighted by atomic mass is 16.5. The topological polar surface area (TPSA) is 50.7 Å². The van der Waals surface area contributed by atoms with Crippen LogP contribution in [0.3, 0.4) is 0 Å². The number of hydrogen-bond donors (Lipinski definition) is 2. The van der Waals surface area contributed by atoms with Gasteiger partial charge in [-0.15, -0.1) is 0 Å². The third-order valence-corrected chi connectivity index (χ3v) is 1.93. The monoisotopic (exact) mass is 233 g/mol. The van der Waals surface area contributed by atoms with Crippen molar-refractivity contribution in [3.05, 3.63) is 0 Å². The van der Waals surface area contributed by atoms with E-state index in [1.807, 2.05) is 0 Å². The lowest BCUT2D eigenvalue weighted by Gasteiger charge is -2.20. The minimum Gasteiger partial charge on any atom is -0.394 e. The Kier molecular flexibility index (Phi) is 9.92. The van der Waals surface area contributed by atoms with Crippen LogP contribution < -0.4 is 5.32 Å². The SMILES string of the molecule is CC(C)(C)NCCCOCCCOCCO. The summed E-state index contributed by atoms with van der Waals surface area (Å²) in [4.78, 5) is 0. The van der Waals surface area contributed by atoms with E-state index in [1.54, 1.807) is 0 Å². The molecule has 0 fully saturated rings. The fourth-order valence-electron chi connectivity index (χ4n) is 1.17. The minimum atomic E-state index is 0.0966. The zero-order valence-corrected chi connectivity index (χ0v) is 10.9. The Morgan fingerprint density at radius 2 is 1.50 bits per heavy atom. The molecule has 0 heterocycles. The standard InChI is InChI=1S/C12H27NO3/c1-12(2,3)13-6-4-8-15-9-5-10-16-11-7-14/h13-14H,4-11H2,1-3H3. The lowest BCUT2D eigenvalue weighted by molar-refractivity contribution is 0.0631. The minimum absolute atomic E-state index is 0.0966. The van der Waals surface area contributed by atoms with Crippen LogP contribution >= 0.6 is 0 Å². The normalized spacial score (nSPS) is 12.0. The van der Waals surface area contributed by atoms with Gasteiger partial charge in [-0.25, -0.2) is 0 Å². The summed E-state index contributed by atoms with van der Waals surface area (Å²) < 4.78 is 10.6. The lowest BCUT2D eigenvalue weighted by Crippen LogP contribution is -2.36. The molecule has 0 spiro atoms. The fraction of sp³-hybridized carbons (Fsp3) is 1.00. The molecule has 0 aliphatic heterocycles. The van der Waals surface area contributed by atoms with Gasteiger partial charge in [-0.1, -0.05) is 0 Å². The van der Waals surface area contributed by atoms with Crippen molar-refractivity contribution in [2.45, 2.75) is 39.2 Å². The fourth-order valence-corrected chi connectivity index (χ4v) is 1.17. The summed E-state index contributed by atoms with van der Waals surface area (Å²) in [5, 5.41) is 11.9. The Morgan fingerprint density at radius 1 is 0.938 bits per heavy atom. The van der Waals surface area contributed by atoms with Crippen LogP contribution in [0.25, 0.3) is 0 Å². The van der Waals surface area contributed by atoms with Gasteiger partial charge < -0.3 is 19.9 Å². The second-order valence-electron chi connectivity index (χ2n) is 4.83. The first-order valence-electron chi connectivity index (χ1n) is 6.07. The second-order valence-corrected chi connectivity index (χ2v) is 4.83. The molecule has 0 unspecified atom stereocenters. The number of hydrogen-bond acceptors (Lipinski definition) is 4. The third-order valence-electron chi connectivity index (χ3n) is 1.93. The molecular formula is C12H27NO3. The highest BCUT2D eigenvalue weighted by Crippen LogP contribution is 1.98. The molecule has 0 saturated carbocycles. The van der Waals surface area contributed by atoms with Crippen LogP contribution in [0.15, 0.2) is 0 Å². The van der Waals surface area contributed by atoms with Crippen LogP contribution in [0, 0.1) is 0 Å². The highest BCUT2D eigenvalue weighted by Gasteiger charge is 2.06.